The lowest BCUT2D eigenvalue weighted by Crippen LogP contribution is -2.30. The van der Waals surface area contributed by atoms with Crippen molar-refractivity contribution in [3.05, 3.63) is 66.2 Å². The van der Waals surface area contributed by atoms with Crippen LogP contribution < -0.4 is 10.6 Å². The van der Waals surface area contributed by atoms with E-state index >= 15 is 0 Å². The average molecular weight is 418 g/mol. The van der Waals surface area contributed by atoms with Gasteiger partial charge in [0.05, 0.1) is 5.69 Å². The van der Waals surface area contributed by atoms with Crippen LogP contribution in [0.1, 0.15) is 27.7 Å². The smallest absolute Gasteiger partial charge is 0.270 e. The molecule has 0 aromatic carbocycles. The second-order valence-electron chi connectivity index (χ2n) is 6.84. The number of carbonyl (C=O) groups excluding carboxylic acids is 1. The summed E-state index contributed by atoms with van der Waals surface area (Å²) < 4.78 is 3.49. The highest BCUT2D eigenvalue weighted by Gasteiger charge is 2.11. The lowest BCUT2D eigenvalue weighted by Gasteiger charge is -2.10. The highest BCUT2D eigenvalue weighted by molar-refractivity contribution is 5.92. The highest BCUT2D eigenvalue weighted by atomic mass is 16.1. The molecule has 0 atom stereocenters. The Bertz CT molecular complexity index is 1200. The number of anilines is 1. The summed E-state index contributed by atoms with van der Waals surface area (Å²) in [7, 11) is 0. The normalized spacial score (nSPS) is 10.8. The molecule has 1 amide bonds. The van der Waals surface area contributed by atoms with Gasteiger partial charge in [-0.3, -0.25) is 9.36 Å². The molecule has 0 fully saturated rings. The molecule has 0 unspecified atom stereocenters. The van der Waals surface area contributed by atoms with Crippen LogP contribution in [0.2, 0.25) is 0 Å². The number of imidazole rings is 1. The maximum Gasteiger partial charge on any atom is 0.270 e. The Labute approximate surface area is 178 Å². The first-order valence-electron chi connectivity index (χ1n) is 9.72. The van der Waals surface area contributed by atoms with Crippen molar-refractivity contribution < 1.29 is 4.79 Å². The number of hydrogen-bond donors (Lipinski definition) is 2. The zero-order valence-corrected chi connectivity index (χ0v) is 17.4. The second-order valence-corrected chi connectivity index (χ2v) is 6.84. The number of amides is 1. The van der Waals surface area contributed by atoms with E-state index < -0.39 is 0 Å². The summed E-state index contributed by atoms with van der Waals surface area (Å²) >= 11 is 0. The van der Waals surface area contributed by atoms with Crippen molar-refractivity contribution in [2.24, 2.45) is 0 Å². The molecule has 11 nitrogen and oxygen atoms in total. The number of nitrogens with one attached hydrogen (secondary N) is 2. The van der Waals surface area contributed by atoms with E-state index in [2.05, 4.69) is 40.7 Å². The Kier molecular flexibility index (Phi) is 5.65. The monoisotopic (exact) mass is 418 g/mol. The Morgan fingerprint density at radius 3 is 2.65 bits per heavy atom. The summed E-state index contributed by atoms with van der Waals surface area (Å²) in [6.45, 7) is 6.55. The van der Waals surface area contributed by atoms with E-state index in [9.17, 15) is 4.79 Å². The standard InChI is InChI=1S/C20H22N10O/c1-13-14(2)29(12-25-13)18-10-17(23-11-24-18)21-6-7-22-20(31)16-9-19(28-15(3)27-16)30-8-4-5-26-30/h4-5,8-12H,6-7H2,1-3H3,(H,22,31)(H,21,23,24). The van der Waals surface area contributed by atoms with Crippen LogP contribution in [0, 0.1) is 20.8 Å². The first-order chi connectivity index (χ1) is 15.0. The van der Waals surface area contributed by atoms with Crippen LogP contribution in [0.5, 0.6) is 0 Å². The second kappa shape index (κ2) is 8.69. The third-order valence-electron chi connectivity index (χ3n) is 4.66. The molecule has 0 spiro atoms. The topological polar surface area (TPSA) is 128 Å². The zero-order chi connectivity index (χ0) is 21.8. The van der Waals surface area contributed by atoms with Crippen LogP contribution in [0.25, 0.3) is 11.6 Å². The summed E-state index contributed by atoms with van der Waals surface area (Å²) in [5.74, 6) is 2.13. The van der Waals surface area contributed by atoms with Gasteiger partial charge in [0.1, 0.15) is 35.8 Å². The van der Waals surface area contributed by atoms with Crippen LogP contribution in [-0.4, -0.2) is 58.3 Å². The van der Waals surface area contributed by atoms with Crippen molar-refractivity contribution in [3.63, 3.8) is 0 Å². The minimum Gasteiger partial charge on any atom is -0.368 e. The van der Waals surface area contributed by atoms with Gasteiger partial charge in [0.15, 0.2) is 5.82 Å². The quantitative estimate of drug-likeness (QED) is 0.431. The minimum atomic E-state index is -0.284. The van der Waals surface area contributed by atoms with E-state index in [1.807, 2.05) is 24.5 Å². The molecular weight excluding hydrogens is 396 g/mol. The molecule has 0 aliphatic heterocycles. The van der Waals surface area contributed by atoms with Gasteiger partial charge in [-0.2, -0.15) is 5.10 Å². The van der Waals surface area contributed by atoms with E-state index in [0.717, 1.165) is 17.2 Å². The van der Waals surface area contributed by atoms with Crippen molar-refractivity contribution in [3.8, 4) is 11.6 Å². The molecule has 0 saturated carbocycles. The van der Waals surface area contributed by atoms with E-state index in [-0.39, 0.29) is 11.6 Å². The largest absolute Gasteiger partial charge is 0.368 e. The SMILES string of the molecule is Cc1nc(C(=O)NCCNc2cc(-n3cnc(C)c3C)ncn2)cc(-n2cccn2)n1. The van der Waals surface area contributed by atoms with E-state index in [1.54, 1.807) is 42.5 Å². The predicted octanol–water partition coefficient (Wildman–Crippen LogP) is 1.41. The van der Waals surface area contributed by atoms with Crippen molar-refractivity contribution in [2.75, 3.05) is 18.4 Å². The summed E-state index contributed by atoms with van der Waals surface area (Å²) in [4.78, 5) is 33.9. The molecule has 2 N–H and O–H groups in total. The third-order valence-corrected chi connectivity index (χ3v) is 4.66. The van der Waals surface area contributed by atoms with Crippen LogP contribution in [0.4, 0.5) is 5.82 Å². The fraction of sp³-hybridized carbons (Fsp3) is 0.250. The molecular formula is C20H22N10O. The molecule has 4 heterocycles. The van der Waals surface area contributed by atoms with Gasteiger partial charge < -0.3 is 10.6 Å². The summed E-state index contributed by atoms with van der Waals surface area (Å²) in [5, 5.41) is 10.2. The van der Waals surface area contributed by atoms with Gasteiger partial charge >= 0.3 is 0 Å². The Morgan fingerprint density at radius 2 is 1.90 bits per heavy atom. The Morgan fingerprint density at radius 1 is 1.03 bits per heavy atom. The van der Waals surface area contributed by atoms with E-state index in [4.69, 9.17) is 0 Å². The molecule has 4 rings (SSSR count). The Hall–Kier alpha value is -4.15. The van der Waals surface area contributed by atoms with Gasteiger partial charge in [-0.1, -0.05) is 0 Å². The number of rotatable bonds is 7. The third kappa shape index (κ3) is 4.55. The maximum atomic E-state index is 12.5. The average Bonchev–Trinajstić information content (AvgIpc) is 3.42. The predicted molar refractivity (Wildman–Crippen MR) is 113 cm³/mol. The van der Waals surface area contributed by atoms with Gasteiger partial charge in [-0.05, 0) is 26.8 Å². The van der Waals surface area contributed by atoms with Crippen LogP contribution in [0.3, 0.4) is 0 Å². The summed E-state index contributed by atoms with van der Waals surface area (Å²) in [6, 6.07) is 5.23. The van der Waals surface area contributed by atoms with Gasteiger partial charge in [-0.15, -0.1) is 0 Å². The lowest BCUT2D eigenvalue weighted by molar-refractivity contribution is 0.0949. The van der Waals surface area contributed by atoms with Gasteiger partial charge in [0.25, 0.3) is 5.91 Å². The molecule has 31 heavy (non-hydrogen) atoms. The highest BCUT2D eigenvalue weighted by Crippen LogP contribution is 2.13. The van der Waals surface area contributed by atoms with Gasteiger partial charge in [0, 0.05) is 43.3 Å². The van der Waals surface area contributed by atoms with Crippen molar-refractivity contribution in [2.45, 2.75) is 20.8 Å². The lowest BCUT2D eigenvalue weighted by atomic mass is 10.3. The van der Waals surface area contributed by atoms with E-state index in [1.165, 1.54) is 6.33 Å². The van der Waals surface area contributed by atoms with Crippen molar-refractivity contribution >= 4 is 11.7 Å². The molecule has 0 bridgehead atoms. The molecule has 0 aliphatic carbocycles. The number of aromatic nitrogens is 8. The van der Waals surface area contributed by atoms with Gasteiger partial charge in [-0.25, -0.2) is 29.6 Å². The van der Waals surface area contributed by atoms with Crippen molar-refractivity contribution in [1.82, 2.24) is 44.6 Å². The zero-order valence-electron chi connectivity index (χ0n) is 17.4. The molecule has 4 aromatic rings. The molecule has 0 aliphatic rings. The summed E-state index contributed by atoms with van der Waals surface area (Å²) in [6.07, 6.45) is 6.64. The van der Waals surface area contributed by atoms with Crippen molar-refractivity contribution in [1.29, 1.82) is 0 Å². The van der Waals surface area contributed by atoms with Gasteiger partial charge in [0.2, 0.25) is 0 Å². The first-order valence-corrected chi connectivity index (χ1v) is 9.72. The molecule has 0 saturated heterocycles. The van der Waals surface area contributed by atoms with Crippen LogP contribution >= 0.6 is 0 Å². The summed E-state index contributed by atoms with van der Waals surface area (Å²) in [5.41, 5.74) is 2.26. The number of hydrogen-bond acceptors (Lipinski definition) is 8. The fourth-order valence-corrected chi connectivity index (χ4v) is 2.95. The molecule has 4 aromatic heterocycles. The molecule has 158 valence electrons. The fourth-order valence-electron chi connectivity index (χ4n) is 2.95. The minimum absolute atomic E-state index is 0.284. The number of nitrogens with zero attached hydrogens (tertiary/aromatic N) is 8. The van der Waals surface area contributed by atoms with E-state index in [0.29, 0.717) is 30.5 Å². The number of aryl methyl sites for hydroxylation is 2. The molecule has 0 radical (unpaired) electrons. The Balaban J connectivity index is 1.35. The molecule has 11 heteroatoms. The van der Waals surface area contributed by atoms with Crippen LogP contribution in [-0.2, 0) is 0 Å². The number of carbonyl (C=O) groups is 1. The van der Waals surface area contributed by atoms with Crippen LogP contribution in [0.15, 0.2) is 43.2 Å². The first kappa shape index (κ1) is 20.1. The maximum absolute atomic E-state index is 12.5.